The van der Waals surface area contributed by atoms with Crippen molar-refractivity contribution in [2.45, 2.75) is 44.3 Å². The summed E-state index contributed by atoms with van der Waals surface area (Å²) >= 11 is 1.63. The van der Waals surface area contributed by atoms with Crippen molar-refractivity contribution in [2.75, 3.05) is 5.75 Å². The van der Waals surface area contributed by atoms with Crippen LogP contribution in [0.5, 0.6) is 0 Å². The van der Waals surface area contributed by atoms with E-state index in [1.807, 2.05) is 17.5 Å². The largest absolute Gasteiger partial charge is 0.298 e. The Bertz CT molecular complexity index is 526. The van der Waals surface area contributed by atoms with Gasteiger partial charge < -0.3 is 0 Å². The summed E-state index contributed by atoms with van der Waals surface area (Å²) in [5, 5.41) is 2.01. The quantitative estimate of drug-likeness (QED) is 0.826. The zero-order valence-electron chi connectivity index (χ0n) is 12.3. The first-order valence-electron chi connectivity index (χ1n) is 8.04. The van der Waals surface area contributed by atoms with Gasteiger partial charge in [0.15, 0.2) is 5.78 Å². The van der Waals surface area contributed by atoms with Gasteiger partial charge >= 0.3 is 0 Å². The third-order valence-electron chi connectivity index (χ3n) is 5.81. The standard InChI is InChI=1S/C17H22O2S2/c18-16(11-21(19)10-15-2-1-3-20-15)17-7-12-4-13(8-17)6-14(5-12)9-17/h1-3,12-14H,4-11H2. The molecule has 114 valence electrons. The van der Waals surface area contributed by atoms with E-state index in [1.165, 1.54) is 19.3 Å². The second-order valence-electron chi connectivity index (χ2n) is 7.43. The molecule has 4 aliphatic rings. The van der Waals surface area contributed by atoms with Gasteiger partial charge in [0.05, 0.1) is 11.5 Å². The molecule has 0 radical (unpaired) electrons. The van der Waals surface area contributed by atoms with Crippen LogP contribution in [0.3, 0.4) is 0 Å². The van der Waals surface area contributed by atoms with Crippen LogP contribution in [0, 0.1) is 23.2 Å². The van der Waals surface area contributed by atoms with Crippen molar-refractivity contribution >= 4 is 27.9 Å². The van der Waals surface area contributed by atoms with Gasteiger partial charge in [-0.05, 0) is 67.7 Å². The van der Waals surface area contributed by atoms with Crippen molar-refractivity contribution in [1.29, 1.82) is 0 Å². The van der Waals surface area contributed by atoms with Crippen molar-refractivity contribution in [3.8, 4) is 0 Å². The molecule has 1 aromatic rings. The maximum atomic E-state index is 12.8. The van der Waals surface area contributed by atoms with E-state index in [1.54, 1.807) is 11.3 Å². The van der Waals surface area contributed by atoms with Gasteiger partial charge in [0.1, 0.15) is 0 Å². The molecule has 5 rings (SSSR count). The molecular weight excluding hydrogens is 300 g/mol. The number of thiophene rings is 1. The summed E-state index contributed by atoms with van der Waals surface area (Å²) in [6.45, 7) is 0. The summed E-state index contributed by atoms with van der Waals surface area (Å²) in [5.41, 5.74) is -0.0835. The second kappa shape index (κ2) is 5.31. The molecule has 4 aliphatic carbocycles. The van der Waals surface area contributed by atoms with Gasteiger partial charge in [0, 0.05) is 21.1 Å². The fourth-order valence-electron chi connectivity index (χ4n) is 5.36. The number of ketones is 1. The van der Waals surface area contributed by atoms with Crippen LogP contribution in [0.4, 0.5) is 0 Å². The molecular formula is C17H22O2S2. The Morgan fingerprint density at radius 2 is 1.81 bits per heavy atom. The average Bonchev–Trinajstić information content (AvgIpc) is 2.89. The number of hydrogen-bond acceptors (Lipinski definition) is 3. The highest BCUT2D eigenvalue weighted by Gasteiger charge is 2.54. The molecule has 21 heavy (non-hydrogen) atoms. The van der Waals surface area contributed by atoms with Gasteiger partial charge in [-0.15, -0.1) is 11.3 Å². The minimum absolute atomic E-state index is 0.0835. The van der Waals surface area contributed by atoms with Crippen LogP contribution >= 0.6 is 11.3 Å². The average molecular weight is 322 g/mol. The molecule has 1 atom stereocenters. The molecule has 4 bridgehead atoms. The third kappa shape index (κ3) is 2.65. The van der Waals surface area contributed by atoms with Crippen LogP contribution in [0.15, 0.2) is 17.5 Å². The predicted molar refractivity (Wildman–Crippen MR) is 86.6 cm³/mol. The van der Waals surface area contributed by atoms with E-state index < -0.39 is 10.8 Å². The summed E-state index contributed by atoms with van der Waals surface area (Å²) in [7, 11) is -1.03. The summed E-state index contributed by atoms with van der Waals surface area (Å²) in [6.07, 6.45) is 7.33. The van der Waals surface area contributed by atoms with Crippen molar-refractivity contribution in [3.05, 3.63) is 22.4 Å². The lowest BCUT2D eigenvalue weighted by Crippen LogP contribution is -2.51. The highest BCUT2D eigenvalue weighted by atomic mass is 32.2. The Labute approximate surface area is 132 Å². The van der Waals surface area contributed by atoms with Gasteiger partial charge in [0.25, 0.3) is 0 Å². The summed E-state index contributed by atoms with van der Waals surface area (Å²) in [6, 6.07) is 4.00. The monoisotopic (exact) mass is 322 g/mol. The van der Waals surface area contributed by atoms with E-state index in [-0.39, 0.29) is 11.2 Å². The van der Waals surface area contributed by atoms with Gasteiger partial charge in [-0.1, -0.05) is 6.07 Å². The highest BCUT2D eigenvalue weighted by Crippen LogP contribution is 2.60. The summed E-state index contributed by atoms with van der Waals surface area (Å²) in [4.78, 5) is 14.0. The zero-order valence-corrected chi connectivity index (χ0v) is 13.9. The smallest absolute Gasteiger partial charge is 0.151 e. The molecule has 1 heterocycles. The SMILES string of the molecule is O=C(CS(=O)Cc1cccs1)C12CC3CC(CC(C3)C1)C2. The lowest BCUT2D eigenvalue weighted by Gasteiger charge is -2.55. The van der Waals surface area contributed by atoms with E-state index in [0.29, 0.717) is 11.5 Å². The fraction of sp³-hybridized carbons (Fsp3) is 0.706. The number of Topliss-reactive ketones (excluding diaryl/α,β-unsaturated/α-hetero) is 1. The molecule has 1 unspecified atom stereocenters. The molecule has 0 aromatic carbocycles. The first-order chi connectivity index (χ1) is 10.1. The summed E-state index contributed by atoms with van der Waals surface area (Å²) in [5.74, 6) is 3.50. The van der Waals surface area contributed by atoms with Gasteiger partial charge in [-0.3, -0.25) is 9.00 Å². The molecule has 0 N–H and O–H groups in total. The minimum Gasteiger partial charge on any atom is -0.298 e. The molecule has 4 fully saturated rings. The number of rotatable bonds is 5. The van der Waals surface area contributed by atoms with Crippen molar-refractivity contribution < 1.29 is 9.00 Å². The van der Waals surface area contributed by atoms with Crippen LogP contribution in [0.1, 0.15) is 43.4 Å². The highest BCUT2D eigenvalue weighted by molar-refractivity contribution is 7.85. The minimum atomic E-state index is -1.03. The first-order valence-corrected chi connectivity index (χ1v) is 10.4. The number of hydrogen-bond donors (Lipinski definition) is 0. The van der Waals surface area contributed by atoms with Crippen molar-refractivity contribution in [3.63, 3.8) is 0 Å². The Hall–Kier alpha value is -0.480. The predicted octanol–water partition coefficient (Wildman–Crippen LogP) is 3.78. The third-order valence-corrected chi connectivity index (χ3v) is 8.08. The number of carbonyl (C=O) groups is 1. The molecule has 0 spiro atoms. The first kappa shape index (κ1) is 14.1. The number of carbonyl (C=O) groups excluding carboxylic acids is 1. The molecule has 0 aliphatic heterocycles. The molecule has 1 aromatic heterocycles. The molecule has 2 nitrogen and oxygen atoms in total. The lowest BCUT2D eigenvalue weighted by molar-refractivity contribution is -0.141. The molecule has 4 saturated carbocycles. The van der Waals surface area contributed by atoms with Gasteiger partial charge in [-0.25, -0.2) is 0 Å². The molecule has 0 saturated heterocycles. The van der Waals surface area contributed by atoms with Gasteiger partial charge in [0.2, 0.25) is 0 Å². The van der Waals surface area contributed by atoms with E-state index in [4.69, 9.17) is 0 Å². The topological polar surface area (TPSA) is 34.1 Å². The Morgan fingerprint density at radius 3 is 2.33 bits per heavy atom. The maximum absolute atomic E-state index is 12.8. The lowest BCUT2D eigenvalue weighted by atomic mass is 9.48. The van der Waals surface area contributed by atoms with Crippen LogP contribution in [0.2, 0.25) is 0 Å². The maximum Gasteiger partial charge on any atom is 0.151 e. The summed E-state index contributed by atoms with van der Waals surface area (Å²) < 4.78 is 12.3. The van der Waals surface area contributed by atoms with Crippen LogP contribution in [-0.2, 0) is 21.3 Å². The van der Waals surface area contributed by atoms with Crippen LogP contribution in [-0.4, -0.2) is 15.7 Å². The molecule has 0 amide bonds. The van der Waals surface area contributed by atoms with E-state index in [9.17, 15) is 9.00 Å². The Morgan fingerprint density at radius 1 is 1.19 bits per heavy atom. The molecule has 4 heteroatoms. The zero-order chi connectivity index (χ0) is 14.4. The Kier molecular flexibility index (Phi) is 3.57. The Balaban J connectivity index is 1.44. The van der Waals surface area contributed by atoms with Gasteiger partial charge in [-0.2, -0.15) is 0 Å². The van der Waals surface area contributed by atoms with E-state index >= 15 is 0 Å². The van der Waals surface area contributed by atoms with E-state index in [0.717, 1.165) is 41.9 Å². The van der Waals surface area contributed by atoms with Crippen molar-refractivity contribution in [2.24, 2.45) is 23.2 Å². The van der Waals surface area contributed by atoms with E-state index in [2.05, 4.69) is 0 Å². The second-order valence-corrected chi connectivity index (χ2v) is 9.92. The normalized spacial score (nSPS) is 38.6. The van der Waals surface area contributed by atoms with Crippen molar-refractivity contribution in [1.82, 2.24) is 0 Å². The van der Waals surface area contributed by atoms with Crippen LogP contribution in [0.25, 0.3) is 0 Å². The fourth-order valence-corrected chi connectivity index (χ4v) is 7.63. The van der Waals surface area contributed by atoms with Crippen LogP contribution < -0.4 is 0 Å².